The van der Waals surface area contributed by atoms with E-state index in [4.69, 9.17) is 4.42 Å². The average molecular weight is 251 g/mol. The minimum Gasteiger partial charge on any atom is -0.424 e. The van der Waals surface area contributed by atoms with Gasteiger partial charge in [-0.1, -0.05) is 0 Å². The molecular weight excluding hydrogens is 234 g/mol. The molecule has 0 amide bonds. The van der Waals surface area contributed by atoms with Crippen molar-refractivity contribution < 1.29 is 4.42 Å². The maximum Gasteiger partial charge on any atom is 0.230 e. The Balaban J connectivity index is 1.92. The van der Waals surface area contributed by atoms with Crippen molar-refractivity contribution in [2.75, 3.05) is 0 Å². The van der Waals surface area contributed by atoms with Crippen molar-refractivity contribution in [3.05, 3.63) is 34.2 Å². The smallest absolute Gasteiger partial charge is 0.230 e. The summed E-state index contributed by atoms with van der Waals surface area (Å²) in [7, 11) is 0. The zero-order chi connectivity index (χ0) is 12.3. The van der Waals surface area contributed by atoms with Crippen LogP contribution in [0.1, 0.15) is 38.1 Å². The highest BCUT2D eigenvalue weighted by atomic mass is 32.1. The Bertz CT molecular complexity index is 456. The van der Waals surface area contributed by atoms with Gasteiger partial charge in [-0.05, 0) is 43.2 Å². The van der Waals surface area contributed by atoms with Gasteiger partial charge in [-0.2, -0.15) is 11.3 Å². The standard InChI is InChI=1S/C12H17N3OS/c1-12(2,3)13-7-11-15-14-10(16-11)6-9-4-5-17-8-9/h4-5,8,13H,6-7H2,1-3H3. The third kappa shape index (κ3) is 3.94. The van der Waals surface area contributed by atoms with Crippen LogP contribution in [-0.2, 0) is 13.0 Å². The van der Waals surface area contributed by atoms with Crippen LogP contribution in [0.3, 0.4) is 0 Å². The molecule has 17 heavy (non-hydrogen) atoms. The third-order valence-electron chi connectivity index (χ3n) is 2.21. The highest BCUT2D eigenvalue weighted by Crippen LogP contribution is 2.12. The van der Waals surface area contributed by atoms with Crippen LogP contribution in [0, 0.1) is 0 Å². The summed E-state index contributed by atoms with van der Waals surface area (Å²) in [6.45, 7) is 6.93. The van der Waals surface area contributed by atoms with Gasteiger partial charge in [-0.3, -0.25) is 0 Å². The van der Waals surface area contributed by atoms with E-state index >= 15 is 0 Å². The molecule has 0 saturated carbocycles. The molecule has 5 heteroatoms. The maximum absolute atomic E-state index is 5.57. The summed E-state index contributed by atoms with van der Waals surface area (Å²) in [6, 6.07) is 2.07. The lowest BCUT2D eigenvalue weighted by atomic mass is 10.1. The van der Waals surface area contributed by atoms with Gasteiger partial charge in [0.2, 0.25) is 11.8 Å². The van der Waals surface area contributed by atoms with Gasteiger partial charge < -0.3 is 9.73 Å². The Hall–Kier alpha value is -1.20. The molecule has 0 aliphatic carbocycles. The lowest BCUT2D eigenvalue weighted by Crippen LogP contribution is -2.35. The molecule has 0 atom stereocenters. The second kappa shape index (κ2) is 4.98. The fourth-order valence-corrected chi connectivity index (χ4v) is 2.01. The maximum atomic E-state index is 5.57. The van der Waals surface area contributed by atoms with Gasteiger partial charge in [0.25, 0.3) is 0 Å². The lowest BCUT2D eigenvalue weighted by Gasteiger charge is -2.18. The molecule has 2 aromatic rings. The van der Waals surface area contributed by atoms with Gasteiger partial charge in [0, 0.05) is 5.54 Å². The van der Waals surface area contributed by atoms with E-state index in [-0.39, 0.29) is 5.54 Å². The molecule has 0 bridgehead atoms. The minimum atomic E-state index is 0.0575. The Kier molecular flexibility index (Phi) is 3.59. The van der Waals surface area contributed by atoms with Crippen LogP contribution < -0.4 is 5.32 Å². The fourth-order valence-electron chi connectivity index (χ4n) is 1.34. The summed E-state index contributed by atoms with van der Waals surface area (Å²) in [4.78, 5) is 0. The van der Waals surface area contributed by atoms with Gasteiger partial charge in [0.05, 0.1) is 13.0 Å². The van der Waals surface area contributed by atoms with Crippen LogP contribution in [0.4, 0.5) is 0 Å². The van der Waals surface area contributed by atoms with Gasteiger partial charge in [-0.15, -0.1) is 10.2 Å². The number of rotatable bonds is 4. The van der Waals surface area contributed by atoms with E-state index in [1.807, 2.05) is 5.38 Å². The van der Waals surface area contributed by atoms with Crippen molar-refractivity contribution in [2.45, 2.75) is 39.3 Å². The van der Waals surface area contributed by atoms with Crippen LogP contribution in [0.2, 0.25) is 0 Å². The zero-order valence-corrected chi connectivity index (χ0v) is 11.2. The van der Waals surface area contributed by atoms with E-state index in [1.54, 1.807) is 11.3 Å². The summed E-state index contributed by atoms with van der Waals surface area (Å²) >= 11 is 1.68. The van der Waals surface area contributed by atoms with E-state index in [0.717, 1.165) is 0 Å². The number of nitrogens with zero attached hydrogens (tertiary/aromatic N) is 2. The number of nitrogens with one attached hydrogen (secondary N) is 1. The number of aromatic nitrogens is 2. The van der Waals surface area contributed by atoms with Gasteiger partial charge in [0.15, 0.2) is 0 Å². The average Bonchev–Trinajstić information content (AvgIpc) is 2.86. The summed E-state index contributed by atoms with van der Waals surface area (Å²) in [5.41, 5.74) is 1.27. The molecule has 0 aliphatic rings. The fraction of sp³-hybridized carbons (Fsp3) is 0.500. The first-order valence-electron chi connectivity index (χ1n) is 5.60. The van der Waals surface area contributed by atoms with E-state index in [0.29, 0.717) is 24.7 Å². The molecule has 0 unspecified atom stereocenters. The first kappa shape index (κ1) is 12.3. The molecule has 2 rings (SSSR count). The molecule has 1 N–H and O–H groups in total. The summed E-state index contributed by atoms with van der Waals surface area (Å²) in [5.74, 6) is 1.32. The molecule has 0 aliphatic heterocycles. The van der Waals surface area contributed by atoms with Crippen molar-refractivity contribution in [1.29, 1.82) is 0 Å². The molecule has 0 saturated heterocycles. The topological polar surface area (TPSA) is 51.0 Å². The third-order valence-corrected chi connectivity index (χ3v) is 2.95. The lowest BCUT2D eigenvalue weighted by molar-refractivity contribution is 0.373. The molecule has 0 aromatic carbocycles. The predicted molar refractivity (Wildman–Crippen MR) is 68.0 cm³/mol. The van der Waals surface area contributed by atoms with Crippen LogP contribution in [-0.4, -0.2) is 15.7 Å². The largest absolute Gasteiger partial charge is 0.424 e. The second-order valence-electron chi connectivity index (χ2n) is 5.00. The Labute approximate surface area is 105 Å². The highest BCUT2D eigenvalue weighted by Gasteiger charge is 2.12. The normalized spacial score (nSPS) is 11.9. The Morgan fingerprint density at radius 3 is 2.71 bits per heavy atom. The van der Waals surface area contributed by atoms with Crippen LogP contribution >= 0.6 is 11.3 Å². The van der Waals surface area contributed by atoms with Crippen LogP contribution in [0.25, 0.3) is 0 Å². The first-order chi connectivity index (χ1) is 8.03. The predicted octanol–water partition coefficient (Wildman–Crippen LogP) is 2.61. The van der Waals surface area contributed by atoms with E-state index < -0.39 is 0 Å². The Morgan fingerprint density at radius 1 is 1.29 bits per heavy atom. The molecule has 92 valence electrons. The summed E-state index contributed by atoms with van der Waals surface area (Å²) in [6.07, 6.45) is 0.714. The van der Waals surface area contributed by atoms with Crippen LogP contribution in [0.15, 0.2) is 21.2 Å². The van der Waals surface area contributed by atoms with E-state index in [9.17, 15) is 0 Å². The SMILES string of the molecule is CC(C)(C)NCc1nnc(Cc2ccsc2)o1. The van der Waals surface area contributed by atoms with Gasteiger partial charge in [-0.25, -0.2) is 0 Å². The van der Waals surface area contributed by atoms with Crippen molar-refractivity contribution in [1.82, 2.24) is 15.5 Å². The number of hydrogen-bond donors (Lipinski definition) is 1. The number of hydrogen-bond acceptors (Lipinski definition) is 5. The molecule has 0 fully saturated rings. The quantitative estimate of drug-likeness (QED) is 0.907. The van der Waals surface area contributed by atoms with Crippen molar-refractivity contribution in [3.8, 4) is 0 Å². The first-order valence-corrected chi connectivity index (χ1v) is 6.54. The van der Waals surface area contributed by atoms with Gasteiger partial charge in [0.1, 0.15) is 0 Å². The van der Waals surface area contributed by atoms with Crippen LogP contribution in [0.5, 0.6) is 0 Å². The monoisotopic (exact) mass is 251 g/mol. The van der Waals surface area contributed by atoms with Crippen molar-refractivity contribution >= 4 is 11.3 Å². The zero-order valence-electron chi connectivity index (χ0n) is 10.4. The van der Waals surface area contributed by atoms with Gasteiger partial charge >= 0.3 is 0 Å². The van der Waals surface area contributed by atoms with E-state index in [1.165, 1.54) is 5.56 Å². The summed E-state index contributed by atoms with van der Waals surface area (Å²) in [5, 5.41) is 15.5. The number of thiophene rings is 1. The van der Waals surface area contributed by atoms with Crippen molar-refractivity contribution in [2.24, 2.45) is 0 Å². The Morgan fingerprint density at radius 2 is 2.06 bits per heavy atom. The molecule has 0 spiro atoms. The molecule has 2 heterocycles. The minimum absolute atomic E-state index is 0.0575. The molecule has 2 aromatic heterocycles. The molecular formula is C12H17N3OS. The van der Waals surface area contributed by atoms with E-state index in [2.05, 4.69) is 47.7 Å². The molecule has 0 radical (unpaired) electrons. The summed E-state index contributed by atoms with van der Waals surface area (Å²) < 4.78 is 5.57. The molecule has 4 nitrogen and oxygen atoms in total. The second-order valence-corrected chi connectivity index (χ2v) is 5.78. The van der Waals surface area contributed by atoms with Crippen molar-refractivity contribution in [3.63, 3.8) is 0 Å². The highest BCUT2D eigenvalue weighted by molar-refractivity contribution is 7.07.